The summed E-state index contributed by atoms with van der Waals surface area (Å²) in [7, 11) is 1.56. The fourth-order valence-corrected chi connectivity index (χ4v) is 4.30. The fourth-order valence-electron chi connectivity index (χ4n) is 4.04. The summed E-state index contributed by atoms with van der Waals surface area (Å²) in [6.07, 6.45) is 2.20. The molecule has 2 aromatic heterocycles. The number of anilines is 1. The van der Waals surface area contributed by atoms with Crippen molar-refractivity contribution in [3.63, 3.8) is 0 Å². The van der Waals surface area contributed by atoms with Gasteiger partial charge in [0.05, 0.1) is 18.3 Å². The van der Waals surface area contributed by atoms with Crippen molar-refractivity contribution in [2.24, 2.45) is 0 Å². The van der Waals surface area contributed by atoms with Gasteiger partial charge in [0.1, 0.15) is 0 Å². The summed E-state index contributed by atoms with van der Waals surface area (Å²) in [5.41, 5.74) is 6.67. The van der Waals surface area contributed by atoms with Crippen LogP contribution in [0.15, 0.2) is 94.4 Å². The van der Waals surface area contributed by atoms with Crippen LogP contribution in [0.2, 0.25) is 10.0 Å². The second-order valence-corrected chi connectivity index (χ2v) is 9.35. The fraction of sp³-hybridized carbons (Fsp3) is 0.133. The number of carbonyl (C=O) groups is 1. The van der Waals surface area contributed by atoms with Gasteiger partial charge in [0.2, 0.25) is 6.41 Å². The minimum Gasteiger partial charge on any atom is -0.356 e. The van der Waals surface area contributed by atoms with E-state index in [9.17, 15) is 9.59 Å². The molecule has 0 unspecified atom stereocenters. The van der Waals surface area contributed by atoms with Gasteiger partial charge in [-0.1, -0.05) is 90.7 Å². The Morgan fingerprint density at radius 3 is 1.93 bits per heavy atom. The number of hydrazine groups is 1. The lowest BCUT2D eigenvalue weighted by Crippen LogP contribution is -2.31. The van der Waals surface area contributed by atoms with Gasteiger partial charge in [-0.2, -0.15) is 0 Å². The standard InChI is InChI=1S/C28H21Cl2N5O3.C2H6/c1-34(17-36)32-27-25(20-6-10-22(29)11-7-20)26(21-8-12-23(30)13-9-21)28(37)35(33-27)16-18-2-4-19(5-3-18)24-14-15-31-38-24;1-2/h2-15,17H,16H2,1H3,(H,32,33);1-2H3. The molecule has 0 saturated heterocycles. The molecule has 0 radical (unpaired) electrons. The predicted molar refractivity (Wildman–Crippen MR) is 159 cm³/mol. The Morgan fingerprint density at radius 2 is 1.40 bits per heavy atom. The quantitative estimate of drug-likeness (QED) is 0.158. The zero-order valence-electron chi connectivity index (χ0n) is 22.1. The Hall–Kier alpha value is -4.40. The van der Waals surface area contributed by atoms with Gasteiger partial charge in [-0.25, -0.2) is 4.68 Å². The number of nitrogens with zero attached hydrogens (tertiary/aromatic N) is 4. The minimum atomic E-state index is -0.309. The highest BCUT2D eigenvalue weighted by Crippen LogP contribution is 2.35. The maximum atomic E-state index is 14.0. The van der Waals surface area contributed by atoms with E-state index in [0.717, 1.165) is 11.1 Å². The normalized spacial score (nSPS) is 10.4. The van der Waals surface area contributed by atoms with Crippen molar-refractivity contribution in [1.82, 2.24) is 19.9 Å². The molecule has 3 aromatic carbocycles. The van der Waals surface area contributed by atoms with Crippen LogP contribution in [0.1, 0.15) is 19.4 Å². The van der Waals surface area contributed by atoms with Gasteiger partial charge in [-0.3, -0.25) is 20.0 Å². The Bertz CT molecular complexity index is 1620. The lowest BCUT2D eigenvalue weighted by Gasteiger charge is -2.21. The molecule has 5 rings (SSSR count). The van der Waals surface area contributed by atoms with Crippen molar-refractivity contribution >= 4 is 35.4 Å². The third-order valence-electron chi connectivity index (χ3n) is 5.87. The van der Waals surface area contributed by atoms with Crippen molar-refractivity contribution in [1.29, 1.82) is 0 Å². The van der Waals surface area contributed by atoms with E-state index in [1.165, 1.54) is 9.69 Å². The average molecular weight is 576 g/mol. The Morgan fingerprint density at radius 1 is 0.850 bits per heavy atom. The lowest BCUT2D eigenvalue weighted by atomic mass is 9.96. The van der Waals surface area contributed by atoms with Crippen molar-refractivity contribution in [3.8, 4) is 33.6 Å². The van der Waals surface area contributed by atoms with Crippen molar-refractivity contribution in [3.05, 3.63) is 111 Å². The van der Waals surface area contributed by atoms with E-state index in [-0.39, 0.29) is 12.1 Å². The molecule has 0 aliphatic carbocycles. The molecule has 0 saturated carbocycles. The Kier molecular flexibility index (Phi) is 9.37. The van der Waals surface area contributed by atoms with Gasteiger partial charge < -0.3 is 4.52 Å². The molecule has 0 bridgehead atoms. The first kappa shape index (κ1) is 28.6. The topological polar surface area (TPSA) is 93.3 Å². The summed E-state index contributed by atoms with van der Waals surface area (Å²) in [6.45, 7) is 4.19. The molecule has 8 nitrogen and oxygen atoms in total. The zero-order valence-corrected chi connectivity index (χ0v) is 23.6. The van der Waals surface area contributed by atoms with Crippen molar-refractivity contribution in [2.45, 2.75) is 20.4 Å². The third kappa shape index (κ3) is 6.42. The number of halogens is 2. The zero-order chi connectivity index (χ0) is 28.6. The first-order valence-corrected chi connectivity index (χ1v) is 13.3. The van der Waals surface area contributed by atoms with Gasteiger partial charge in [0.15, 0.2) is 11.6 Å². The largest absolute Gasteiger partial charge is 0.356 e. The van der Waals surface area contributed by atoms with Crippen LogP contribution in [0, 0.1) is 0 Å². The average Bonchev–Trinajstić information content (AvgIpc) is 3.52. The Labute approximate surface area is 241 Å². The number of hydrogen-bond donors (Lipinski definition) is 1. The second kappa shape index (κ2) is 13.1. The van der Waals surface area contributed by atoms with Gasteiger partial charge >= 0.3 is 0 Å². The summed E-state index contributed by atoms with van der Waals surface area (Å²) in [5, 5.41) is 10.7. The molecule has 0 spiro atoms. The van der Waals surface area contributed by atoms with Crippen LogP contribution in [0.3, 0.4) is 0 Å². The highest BCUT2D eigenvalue weighted by molar-refractivity contribution is 6.31. The van der Waals surface area contributed by atoms with Crippen molar-refractivity contribution < 1.29 is 9.32 Å². The van der Waals surface area contributed by atoms with Gasteiger partial charge in [-0.05, 0) is 41.0 Å². The summed E-state index contributed by atoms with van der Waals surface area (Å²) >= 11 is 12.3. The van der Waals surface area contributed by atoms with Crippen molar-refractivity contribution in [2.75, 3.05) is 12.5 Å². The minimum absolute atomic E-state index is 0.191. The van der Waals surface area contributed by atoms with E-state index < -0.39 is 0 Å². The smallest absolute Gasteiger partial charge is 0.275 e. The highest BCUT2D eigenvalue weighted by Gasteiger charge is 2.22. The number of hydrogen-bond acceptors (Lipinski definition) is 6. The van der Waals surface area contributed by atoms with Crippen LogP contribution < -0.4 is 11.0 Å². The molecule has 2 heterocycles. The summed E-state index contributed by atoms with van der Waals surface area (Å²) in [5.74, 6) is 0.970. The molecule has 204 valence electrons. The highest BCUT2D eigenvalue weighted by atomic mass is 35.5. The summed E-state index contributed by atoms with van der Waals surface area (Å²) < 4.78 is 6.59. The van der Waals surface area contributed by atoms with Gasteiger partial charge in [-0.15, -0.1) is 5.10 Å². The molecule has 0 atom stereocenters. The van der Waals surface area contributed by atoms with E-state index >= 15 is 0 Å². The number of nitrogens with one attached hydrogen (secondary N) is 1. The SMILES string of the molecule is CC.CN(C=O)Nc1nn(Cc2ccc(-c3ccno3)cc2)c(=O)c(-c2ccc(Cl)cc2)c1-c1ccc(Cl)cc1. The third-order valence-corrected chi connectivity index (χ3v) is 6.37. The molecule has 40 heavy (non-hydrogen) atoms. The maximum absolute atomic E-state index is 14.0. The molecular weight excluding hydrogens is 549 g/mol. The summed E-state index contributed by atoms with van der Waals surface area (Å²) in [4.78, 5) is 25.5. The molecule has 0 fully saturated rings. The number of benzene rings is 3. The Balaban J connectivity index is 0.00000181. The lowest BCUT2D eigenvalue weighted by molar-refractivity contribution is -0.115. The molecular formula is C30H27Cl2N5O3. The van der Waals surface area contributed by atoms with E-state index in [2.05, 4.69) is 15.7 Å². The van der Waals surface area contributed by atoms with E-state index in [4.69, 9.17) is 27.7 Å². The number of carbonyl (C=O) groups excluding carboxylic acids is 1. The van der Waals surface area contributed by atoms with Gasteiger partial charge in [0.25, 0.3) is 5.56 Å². The van der Waals surface area contributed by atoms with E-state index in [1.807, 2.05) is 38.1 Å². The van der Waals surface area contributed by atoms with E-state index in [0.29, 0.717) is 50.3 Å². The molecule has 10 heteroatoms. The van der Waals surface area contributed by atoms with Crippen LogP contribution in [-0.4, -0.2) is 33.4 Å². The predicted octanol–water partition coefficient (Wildman–Crippen LogP) is 7.03. The van der Waals surface area contributed by atoms with Crippen LogP contribution in [0.4, 0.5) is 5.82 Å². The number of rotatable bonds is 8. The van der Waals surface area contributed by atoms with Crippen LogP contribution in [-0.2, 0) is 11.3 Å². The summed E-state index contributed by atoms with van der Waals surface area (Å²) in [6, 6.07) is 23.4. The number of amides is 1. The van der Waals surface area contributed by atoms with Gasteiger partial charge in [0, 0.05) is 34.3 Å². The first-order chi connectivity index (χ1) is 19.4. The molecule has 5 aromatic rings. The van der Waals surface area contributed by atoms with Crippen LogP contribution >= 0.6 is 23.2 Å². The van der Waals surface area contributed by atoms with Crippen LogP contribution in [0.5, 0.6) is 0 Å². The molecule has 1 amide bonds. The van der Waals surface area contributed by atoms with Crippen LogP contribution in [0.25, 0.3) is 33.6 Å². The molecule has 0 aliphatic heterocycles. The second-order valence-electron chi connectivity index (χ2n) is 8.48. The number of aromatic nitrogens is 3. The monoisotopic (exact) mass is 575 g/mol. The van der Waals surface area contributed by atoms with E-state index in [1.54, 1.807) is 67.8 Å². The maximum Gasteiger partial charge on any atom is 0.275 e. The first-order valence-electron chi connectivity index (χ1n) is 12.5. The molecule has 0 aliphatic rings. The molecule has 1 N–H and O–H groups in total.